The number of pyridine rings is 1. The van der Waals surface area contributed by atoms with Gasteiger partial charge >= 0.3 is 0 Å². The van der Waals surface area contributed by atoms with Crippen molar-refractivity contribution in [3.63, 3.8) is 0 Å². The number of benzene rings is 1. The third kappa shape index (κ3) is 6.60. The number of rotatable bonds is 10. The summed E-state index contributed by atoms with van der Waals surface area (Å²) in [5.41, 5.74) is 5.13. The Morgan fingerprint density at radius 2 is 1.84 bits per heavy atom. The molecule has 0 aliphatic carbocycles. The summed E-state index contributed by atoms with van der Waals surface area (Å²) in [5, 5.41) is 0. The number of hydrogen-bond donors (Lipinski definition) is 0. The minimum absolute atomic E-state index is 0.327. The minimum atomic E-state index is -1.19. The first-order valence-corrected chi connectivity index (χ1v) is 14.5. The zero-order valence-electron chi connectivity index (χ0n) is 19.2. The maximum atomic E-state index is 14.7. The second-order valence-electron chi connectivity index (χ2n) is 9.37. The third-order valence-corrected chi connectivity index (χ3v) is 6.71. The highest BCUT2D eigenvalue weighted by Gasteiger charge is 2.17. The van der Waals surface area contributed by atoms with Crippen LogP contribution in [0.2, 0.25) is 25.7 Å². The Labute approximate surface area is 185 Å². The van der Waals surface area contributed by atoms with E-state index in [0.717, 1.165) is 33.9 Å². The van der Waals surface area contributed by atoms with E-state index in [1.807, 2.05) is 60.9 Å². The summed E-state index contributed by atoms with van der Waals surface area (Å²) in [5.74, 6) is -0.327. The van der Waals surface area contributed by atoms with Crippen LogP contribution in [0.25, 0.3) is 17.1 Å². The fourth-order valence-corrected chi connectivity index (χ4v) is 4.11. The van der Waals surface area contributed by atoms with Gasteiger partial charge < -0.3 is 14.0 Å². The molecule has 0 amide bonds. The summed E-state index contributed by atoms with van der Waals surface area (Å²) in [6.45, 7) is 12.9. The van der Waals surface area contributed by atoms with E-state index in [4.69, 9.17) is 9.47 Å². The summed E-state index contributed by atoms with van der Waals surface area (Å²) >= 11 is 0. The monoisotopic (exact) mass is 440 g/mol. The number of aromatic nitrogens is 2. The first-order chi connectivity index (χ1) is 14.7. The summed E-state index contributed by atoms with van der Waals surface area (Å²) in [7, 11) is -1.19. The Hall–Kier alpha value is -2.28. The average Bonchev–Trinajstić information content (AvgIpc) is 3.05. The van der Waals surface area contributed by atoms with E-state index in [1.54, 1.807) is 0 Å². The fraction of sp³-hybridized carbons (Fsp3) is 0.400. The van der Waals surface area contributed by atoms with Gasteiger partial charge in [0.05, 0.1) is 30.4 Å². The predicted molar refractivity (Wildman–Crippen MR) is 128 cm³/mol. The molecule has 31 heavy (non-hydrogen) atoms. The second kappa shape index (κ2) is 10.4. The number of hydrogen-bond acceptors (Lipinski definition) is 3. The lowest BCUT2D eigenvalue weighted by Gasteiger charge is -2.17. The summed E-state index contributed by atoms with van der Waals surface area (Å²) in [4.78, 5) is 4.33. The number of allylic oxidation sites excluding steroid dienone is 1. The van der Waals surface area contributed by atoms with Crippen molar-refractivity contribution in [3.05, 3.63) is 70.8 Å². The number of ether oxygens (including phenoxy) is 2. The van der Waals surface area contributed by atoms with Crippen LogP contribution in [0.15, 0.2) is 48.2 Å². The molecule has 0 bridgehead atoms. The molecule has 0 unspecified atom stereocenters. The van der Waals surface area contributed by atoms with E-state index < -0.39 is 8.07 Å². The van der Waals surface area contributed by atoms with Crippen molar-refractivity contribution in [3.8, 4) is 0 Å². The first kappa shape index (κ1) is 23.4. The highest BCUT2D eigenvalue weighted by molar-refractivity contribution is 6.76. The topological polar surface area (TPSA) is 36.3 Å². The summed E-state index contributed by atoms with van der Waals surface area (Å²) in [6.07, 6.45) is 3.16. The first-order valence-electron chi connectivity index (χ1n) is 10.8. The van der Waals surface area contributed by atoms with Crippen molar-refractivity contribution < 1.29 is 13.9 Å². The molecule has 3 aromatic rings. The molecule has 0 aliphatic rings. The summed E-state index contributed by atoms with van der Waals surface area (Å²) < 4.78 is 28.7. The lowest BCUT2D eigenvalue weighted by Crippen LogP contribution is -2.22. The van der Waals surface area contributed by atoms with Gasteiger partial charge in [0.1, 0.15) is 6.73 Å². The van der Waals surface area contributed by atoms with E-state index in [-0.39, 0.29) is 5.82 Å². The Morgan fingerprint density at radius 1 is 1.10 bits per heavy atom. The molecule has 1 aromatic carbocycles. The highest BCUT2D eigenvalue weighted by atomic mass is 28.3. The highest BCUT2D eigenvalue weighted by Crippen LogP contribution is 2.27. The van der Waals surface area contributed by atoms with Crippen molar-refractivity contribution in [2.24, 2.45) is 0 Å². The minimum Gasteiger partial charge on any atom is -0.371 e. The Morgan fingerprint density at radius 3 is 2.52 bits per heavy atom. The van der Waals surface area contributed by atoms with Crippen molar-refractivity contribution in [2.45, 2.75) is 59.5 Å². The van der Waals surface area contributed by atoms with Gasteiger partial charge in [-0.15, -0.1) is 0 Å². The molecule has 166 valence electrons. The molecule has 6 heteroatoms. The predicted octanol–water partition coefficient (Wildman–Crippen LogP) is 6.63. The van der Waals surface area contributed by atoms with Crippen LogP contribution >= 0.6 is 0 Å². The average molecular weight is 441 g/mol. The van der Waals surface area contributed by atoms with Crippen LogP contribution in [0.1, 0.15) is 30.7 Å². The number of nitrogens with zero attached hydrogens (tertiary/aromatic N) is 2. The fourth-order valence-electron chi connectivity index (χ4n) is 3.35. The van der Waals surface area contributed by atoms with Gasteiger partial charge in [0.25, 0.3) is 0 Å². The maximum absolute atomic E-state index is 14.7. The Bertz CT molecular complexity index is 1040. The van der Waals surface area contributed by atoms with Gasteiger partial charge in [-0.2, -0.15) is 0 Å². The van der Waals surface area contributed by atoms with Crippen molar-refractivity contribution in [1.29, 1.82) is 0 Å². The van der Waals surface area contributed by atoms with Crippen LogP contribution in [0.4, 0.5) is 4.39 Å². The van der Waals surface area contributed by atoms with Crippen molar-refractivity contribution in [2.75, 3.05) is 6.61 Å². The van der Waals surface area contributed by atoms with Crippen LogP contribution in [-0.4, -0.2) is 24.2 Å². The van der Waals surface area contributed by atoms with E-state index in [2.05, 4.69) is 24.6 Å². The molecule has 0 N–H and O–H groups in total. The van der Waals surface area contributed by atoms with Crippen LogP contribution < -0.4 is 0 Å². The SMILES string of the molecule is CC(C)=Cc1c(F)cnc2cc(COCc3ccccc3)n(COCC[Si](C)(C)C)c12. The van der Waals surface area contributed by atoms with Gasteiger partial charge in [0.15, 0.2) is 5.82 Å². The van der Waals surface area contributed by atoms with Gasteiger partial charge in [-0.3, -0.25) is 4.98 Å². The number of fused-ring (bicyclic) bond motifs is 1. The largest absolute Gasteiger partial charge is 0.371 e. The zero-order valence-corrected chi connectivity index (χ0v) is 20.2. The zero-order chi connectivity index (χ0) is 22.4. The molecular weight excluding hydrogens is 407 g/mol. The number of halogens is 1. The molecule has 0 saturated carbocycles. The molecule has 0 radical (unpaired) electrons. The molecule has 0 saturated heterocycles. The van der Waals surface area contributed by atoms with Crippen molar-refractivity contribution in [1.82, 2.24) is 9.55 Å². The van der Waals surface area contributed by atoms with E-state index in [9.17, 15) is 4.39 Å². The maximum Gasteiger partial charge on any atom is 0.150 e. The van der Waals surface area contributed by atoms with Gasteiger partial charge in [-0.05, 0) is 31.5 Å². The van der Waals surface area contributed by atoms with E-state index in [0.29, 0.717) is 32.1 Å². The van der Waals surface area contributed by atoms with Crippen LogP contribution in [0.5, 0.6) is 0 Å². The van der Waals surface area contributed by atoms with Gasteiger partial charge in [-0.1, -0.05) is 61.6 Å². The van der Waals surface area contributed by atoms with Gasteiger partial charge in [-0.25, -0.2) is 4.39 Å². The molecule has 4 nitrogen and oxygen atoms in total. The smallest absolute Gasteiger partial charge is 0.150 e. The molecule has 2 heterocycles. The van der Waals surface area contributed by atoms with Crippen LogP contribution in [-0.2, 0) is 29.4 Å². The van der Waals surface area contributed by atoms with E-state index >= 15 is 0 Å². The van der Waals surface area contributed by atoms with Crippen LogP contribution in [0, 0.1) is 5.82 Å². The molecule has 2 aromatic heterocycles. The van der Waals surface area contributed by atoms with E-state index in [1.165, 1.54) is 6.20 Å². The van der Waals surface area contributed by atoms with Crippen LogP contribution in [0.3, 0.4) is 0 Å². The third-order valence-electron chi connectivity index (χ3n) is 5.00. The standard InChI is InChI=1S/C25H33FN2O2Si/c1-19(2)13-22-23(26)15-27-24-14-21(17-30-16-20-9-7-6-8-10-20)28(25(22)24)18-29-11-12-31(3,4)5/h6-10,13-15H,11-12,16-18H2,1-5H3. The molecule has 3 rings (SSSR count). The molecule has 0 aliphatic heterocycles. The van der Waals surface area contributed by atoms with Gasteiger partial charge in [0, 0.05) is 25.9 Å². The Balaban J connectivity index is 1.88. The lowest BCUT2D eigenvalue weighted by atomic mass is 10.1. The molecule has 0 spiro atoms. The lowest BCUT2D eigenvalue weighted by molar-refractivity contribution is 0.0715. The quantitative estimate of drug-likeness (QED) is 0.262. The van der Waals surface area contributed by atoms with Gasteiger partial charge in [0.2, 0.25) is 0 Å². The summed E-state index contributed by atoms with van der Waals surface area (Å²) in [6, 6.07) is 13.1. The molecule has 0 atom stereocenters. The molecule has 0 fully saturated rings. The Kier molecular flexibility index (Phi) is 7.81. The second-order valence-corrected chi connectivity index (χ2v) is 15.0. The van der Waals surface area contributed by atoms with Crippen molar-refractivity contribution >= 4 is 25.2 Å². The normalized spacial score (nSPS) is 11.8. The molecular formula is C25H33FN2O2Si.